The van der Waals surface area contributed by atoms with Gasteiger partial charge in [-0.2, -0.15) is 5.10 Å². The van der Waals surface area contributed by atoms with E-state index < -0.39 is 0 Å². The summed E-state index contributed by atoms with van der Waals surface area (Å²) >= 11 is 0. The highest BCUT2D eigenvalue weighted by Crippen LogP contribution is 2.34. The zero-order valence-corrected chi connectivity index (χ0v) is 17.2. The van der Waals surface area contributed by atoms with Gasteiger partial charge in [-0.25, -0.2) is 9.97 Å². The molecule has 0 spiro atoms. The van der Waals surface area contributed by atoms with E-state index in [0.29, 0.717) is 0 Å². The van der Waals surface area contributed by atoms with Crippen LogP contribution in [0.2, 0.25) is 0 Å². The van der Waals surface area contributed by atoms with Gasteiger partial charge in [-0.1, -0.05) is 11.2 Å². The summed E-state index contributed by atoms with van der Waals surface area (Å²) in [4.78, 5) is 14.3. The van der Waals surface area contributed by atoms with Gasteiger partial charge in [0.15, 0.2) is 5.65 Å². The monoisotopic (exact) mass is 399 g/mol. The maximum Gasteiger partial charge on any atom is 0.160 e. The van der Waals surface area contributed by atoms with Crippen LogP contribution in [0.1, 0.15) is 30.1 Å². The molecule has 5 aromatic heterocycles. The van der Waals surface area contributed by atoms with Crippen LogP contribution in [0.15, 0.2) is 53.7 Å². The van der Waals surface area contributed by atoms with Crippen molar-refractivity contribution in [1.29, 1.82) is 0 Å². The lowest BCUT2D eigenvalue weighted by Gasteiger charge is -2.14. The number of hydrogen-bond acceptors (Lipinski definition) is 6. The topological polar surface area (TPSA) is 87.5 Å². The SMILES string of the molecule is Cc1noc(C)c1-c1cnc2c(-c3cnn(C)c3)cn([C@@H](C)c3ccccn3)c2n1. The van der Waals surface area contributed by atoms with Crippen molar-refractivity contribution in [2.45, 2.75) is 26.8 Å². The van der Waals surface area contributed by atoms with Gasteiger partial charge < -0.3 is 9.09 Å². The largest absolute Gasteiger partial charge is 0.361 e. The van der Waals surface area contributed by atoms with E-state index in [1.54, 1.807) is 17.1 Å². The molecule has 5 aromatic rings. The summed E-state index contributed by atoms with van der Waals surface area (Å²) in [5.41, 5.74) is 6.95. The van der Waals surface area contributed by atoms with Crippen LogP contribution >= 0.6 is 0 Å². The highest BCUT2D eigenvalue weighted by molar-refractivity contribution is 5.91. The number of rotatable bonds is 4. The molecule has 1 atom stereocenters. The Kier molecular flexibility index (Phi) is 4.20. The molecule has 0 radical (unpaired) electrons. The summed E-state index contributed by atoms with van der Waals surface area (Å²) in [6.45, 7) is 5.91. The first-order valence-electron chi connectivity index (χ1n) is 9.73. The lowest BCUT2D eigenvalue weighted by atomic mass is 10.1. The standard InChI is InChI=1S/C22H21N7O/c1-13-20(15(3)30-27-13)19-10-24-21-17(16-9-25-28(4)11-16)12-29(22(21)26-19)14(2)18-7-5-6-8-23-18/h5-12,14H,1-4H3/t14-/m0/s1. The Morgan fingerprint density at radius 3 is 2.60 bits per heavy atom. The van der Waals surface area contributed by atoms with Crippen molar-refractivity contribution in [3.05, 3.63) is 66.3 Å². The molecule has 0 unspecified atom stereocenters. The van der Waals surface area contributed by atoms with E-state index in [0.717, 1.165) is 50.7 Å². The molecule has 0 bridgehead atoms. The molecule has 0 aliphatic rings. The second kappa shape index (κ2) is 6.91. The van der Waals surface area contributed by atoms with Crippen LogP contribution in [0, 0.1) is 13.8 Å². The summed E-state index contributed by atoms with van der Waals surface area (Å²) in [6, 6.07) is 5.91. The van der Waals surface area contributed by atoms with Gasteiger partial charge >= 0.3 is 0 Å². The highest BCUT2D eigenvalue weighted by atomic mass is 16.5. The molecule has 150 valence electrons. The third kappa shape index (κ3) is 2.88. The van der Waals surface area contributed by atoms with Gasteiger partial charge in [0.1, 0.15) is 11.3 Å². The lowest BCUT2D eigenvalue weighted by Crippen LogP contribution is -2.08. The number of hydrogen-bond donors (Lipinski definition) is 0. The minimum Gasteiger partial charge on any atom is -0.361 e. The van der Waals surface area contributed by atoms with Crippen molar-refractivity contribution >= 4 is 11.2 Å². The molecular weight excluding hydrogens is 378 g/mol. The van der Waals surface area contributed by atoms with Crippen molar-refractivity contribution in [1.82, 2.24) is 34.5 Å². The van der Waals surface area contributed by atoms with Gasteiger partial charge in [0, 0.05) is 36.8 Å². The first-order valence-corrected chi connectivity index (χ1v) is 9.73. The molecule has 0 N–H and O–H groups in total. The minimum atomic E-state index is -0.0201. The summed E-state index contributed by atoms with van der Waals surface area (Å²) in [6.07, 6.45) is 9.49. The minimum absolute atomic E-state index is 0.0201. The fourth-order valence-electron chi connectivity index (χ4n) is 3.81. The van der Waals surface area contributed by atoms with Crippen molar-refractivity contribution in [3.63, 3.8) is 0 Å². The quantitative estimate of drug-likeness (QED) is 0.452. The van der Waals surface area contributed by atoms with E-state index in [1.807, 2.05) is 51.5 Å². The maximum atomic E-state index is 5.34. The molecular formula is C22H21N7O. The Balaban J connectivity index is 1.75. The number of nitrogens with zero attached hydrogens (tertiary/aromatic N) is 7. The third-order valence-electron chi connectivity index (χ3n) is 5.36. The molecule has 5 rings (SSSR count). The van der Waals surface area contributed by atoms with E-state index in [-0.39, 0.29) is 6.04 Å². The van der Waals surface area contributed by atoms with Crippen LogP contribution in [-0.2, 0) is 7.05 Å². The van der Waals surface area contributed by atoms with Gasteiger partial charge in [0.2, 0.25) is 0 Å². The van der Waals surface area contributed by atoms with Crippen LogP contribution in [0.4, 0.5) is 0 Å². The Morgan fingerprint density at radius 1 is 1.07 bits per heavy atom. The van der Waals surface area contributed by atoms with Gasteiger partial charge in [-0.3, -0.25) is 9.67 Å². The average molecular weight is 399 g/mol. The summed E-state index contributed by atoms with van der Waals surface area (Å²) in [5, 5.41) is 8.38. The van der Waals surface area contributed by atoms with Crippen LogP contribution in [-0.4, -0.2) is 34.5 Å². The normalized spacial score (nSPS) is 12.5. The first kappa shape index (κ1) is 18.2. The van der Waals surface area contributed by atoms with E-state index in [9.17, 15) is 0 Å². The van der Waals surface area contributed by atoms with Crippen LogP contribution in [0.3, 0.4) is 0 Å². The van der Waals surface area contributed by atoms with E-state index in [1.165, 1.54) is 0 Å². The first-order chi connectivity index (χ1) is 14.5. The molecule has 0 aliphatic carbocycles. The molecule has 0 aliphatic heterocycles. The molecule has 8 nitrogen and oxygen atoms in total. The van der Waals surface area contributed by atoms with Crippen LogP contribution in [0.25, 0.3) is 33.5 Å². The summed E-state index contributed by atoms with van der Waals surface area (Å²) in [5.74, 6) is 0.726. The fourth-order valence-corrected chi connectivity index (χ4v) is 3.81. The van der Waals surface area contributed by atoms with Crippen molar-refractivity contribution < 1.29 is 4.52 Å². The maximum absolute atomic E-state index is 5.34. The Morgan fingerprint density at radius 2 is 1.93 bits per heavy atom. The smallest absolute Gasteiger partial charge is 0.160 e. The molecule has 0 saturated heterocycles. The number of fused-ring (bicyclic) bond motifs is 1. The predicted molar refractivity (Wildman–Crippen MR) is 113 cm³/mol. The van der Waals surface area contributed by atoms with Crippen molar-refractivity contribution in [2.75, 3.05) is 0 Å². The van der Waals surface area contributed by atoms with Gasteiger partial charge in [0.05, 0.1) is 41.1 Å². The second-order valence-corrected chi connectivity index (χ2v) is 7.41. The molecule has 0 amide bonds. The Hall–Kier alpha value is -3.81. The summed E-state index contributed by atoms with van der Waals surface area (Å²) < 4.78 is 9.24. The zero-order valence-electron chi connectivity index (χ0n) is 17.2. The predicted octanol–water partition coefficient (Wildman–Crippen LogP) is 4.11. The molecule has 0 aromatic carbocycles. The van der Waals surface area contributed by atoms with Crippen LogP contribution < -0.4 is 0 Å². The van der Waals surface area contributed by atoms with E-state index in [4.69, 9.17) is 14.5 Å². The Labute approximate surface area is 173 Å². The Bertz CT molecular complexity index is 1330. The van der Waals surface area contributed by atoms with Gasteiger partial charge in [-0.15, -0.1) is 0 Å². The van der Waals surface area contributed by atoms with Crippen molar-refractivity contribution in [2.24, 2.45) is 7.05 Å². The molecule has 5 heterocycles. The zero-order chi connectivity index (χ0) is 20.8. The third-order valence-corrected chi connectivity index (χ3v) is 5.36. The van der Waals surface area contributed by atoms with Crippen molar-refractivity contribution in [3.8, 4) is 22.4 Å². The van der Waals surface area contributed by atoms with Crippen LogP contribution in [0.5, 0.6) is 0 Å². The molecule has 30 heavy (non-hydrogen) atoms. The molecule has 0 saturated carbocycles. The molecule has 8 heteroatoms. The van der Waals surface area contributed by atoms with E-state index >= 15 is 0 Å². The second-order valence-electron chi connectivity index (χ2n) is 7.41. The van der Waals surface area contributed by atoms with Gasteiger partial charge in [-0.05, 0) is 32.9 Å². The number of aromatic nitrogens is 7. The summed E-state index contributed by atoms with van der Waals surface area (Å²) in [7, 11) is 1.90. The average Bonchev–Trinajstić information content (AvgIpc) is 3.44. The number of aryl methyl sites for hydroxylation is 3. The molecule has 0 fully saturated rings. The highest BCUT2D eigenvalue weighted by Gasteiger charge is 2.21. The number of pyridine rings is 1. The van der Waals surface area contributed by atoms with Gasteiger partial charge in [0.25, 0.3) is 0 Å². The van der Waals surface area contributed by atoms with E-state index in [2.05, 4.69) is 32.9 Å². The fraction of sp³-hybridized carbons (Fsp3) is 0.227. The lowest BCUT2D eigenvalue weighted by molar-refractivity contribution is 0.393.